The Labute approximate surface area is 209 Å². The first-order valence-corrected chi connectivity index (χ1v) is 12.6. The molecular formula is C24H29ClN4O4S. The first-order chi connectivity index (χ1) is 16.5. The van der Waals surface area contributed by atoms with Crippen LogP contribution in [-0.4, -0.2) is 73.3 Å². The van der Waals surface area contributed by atoms with Gasteiger partial charge in [-0.25, -0.2) is 9.79 Å². The van der Waals surface area contributed by atoms with Gasteiger partial charge in [0.15, 0.2) is 5.17 Å². The fourth-order valence-electron chi connectivity index (χ4n) is 4.28. The number of hydrogen-bond donors (Lipinski definition) is 1. The van der Waals surface area contributed by atoms with E-state index in [9.17, 15) is 9.59 Å². The second-order valence-corrected chi connectivity index (χ2v) is 9.40. The zero-order valence-electron chi connectivity index (χ0n) is 19.4. The third-order valence-corrected chi connectivity index (χ3v) is 7.15. The predicted molar refractivity (Wildman–Crippen MR) is 133 cm³/mol. The van der Waals surface area contributed by atoms with Crippen molar-refractivity contribution in [1.29, 1.82) is 0 Å². The Hall–Kier alpha value is -2.33. The van der Waals surface area contributed by atoms with E-state index in [1.807, 2.05) is 29.4 Å². The second-order valence-electron chi connectivity index (χ2n) is 8.13. The number of carbonyl (C=O) groups is 2. The van der Waals surface area contributed by atoms with Gasteiger partial charge in [0.2, 0.25) is 5.91 Å². The molecule has 0 radical (unpaired) electrons. The minimum atomic E-state index is -0.449. The highest BCUT2D eigenvalue weighted by molar-refractivity contribution is 8.16. The number of allylic oxidation sites excluding steroid dienone is 1. The summed E-state index contributed by atoms with van der Waals surface area (Å²) in [4.78, 5) is 34.7. The normalized spacial score (nSPS) is 20.6. The highest BCUT2D eigenvalue weighted by Crippen LogP contribution is 2.45. The van der Waals surface area contributed by atoms with Crippen LogP contribution in [0.3, 0.4) is 0 Å². The Bertz CT molecular complexity index is 1020. The molecule has 1 fully saturated rings. The van der Waals surface area contributed by atoms with Gasteiger partial charge in [0.1, 0.15) is 0 Å². The third-order valence-electron chi connectivity index (χ3n) is 6.01. The van der Waals surface area contributed by atoms with Crippen molar-refractivity contribution < 1.29 is 19.1 Å². The number of fused-ring (bicyclic) bond motifs is 1. The van der Waals surface area contributed by atoms with Crippen molar-refractivity contribution in [3.63, 3.8) is 0 Å². The van der Waals surface area contributed by atoms with Crippen molar-refractivity contribution in [3.8, 4) is 0 Å². The summed E-state index contributed by atoms with van der Waals surface area (Å²) in [6.45, 7) is 6.57. The standard InChI is InChI=1S/C24H29ClN4O4S/c1-3-19-21(23(31)32-2)22(16-4-6-17(25)7-5-16)29-18(15-34-24(29)27-19)14-20(30)26-8-9-28-10-12-33-13-11-28/h4-7,15,22H,3,8-14H2,1-2H3,(H,26,30). The van der Waals surface area contributed by atoms with Gasteiger partial charge in [-0.3, -0.25) is 9.69 Å². The van der Waals surface area contributed by atoms with Gasteiger partial charge in [0.25, 0.3) is 0 Å². The molecule has 1 aromatic rings. The van der Waals surface area contributed by atoms with Crippen LogP contribution in [-0.2, 0) is 19.1 Å². The van der Waals surface area contributed by atoms with Crippen LogP contribution >= 0.6 is 23.4 Å². The number of carbonyl (C=O) groups excluding carboxylic acids is 2. The summed E-state index contributed by atoms with van der Waals surface area (Å²) >= 11 is 7.59. The van der Waals surface area contributed by atoms with E-state index in [1.54, 1.807) is 12.1 Å². The van der Waals surface area contributed by atoms with Crippen LogP contribution in [0.2, 0.25) is 5.02 Å². The lowest BCUT2D eigenvalue weighted by Crippen LogP contribution is -2.42. The molecule has 1 N–H and O–H groups in total. The van der Waals surface area contributed by atoms with Crippen LogP contribution in [0.15, 0.2) is 51.6 Å². The number of amides is 1. The number of nitrogens with zero attached hydrogens (tertiary/aromatic N) is 3. The summed E-state index contributed by atoms with van der Waals surface area (Å²) in [5, 5.41) is 6.32. The molecular weight excluding hydrogens is 476 g/mol. The lowest BCUT2D eigenvalue weighted by molar-refractivity contribution is -0.136. The number of methoxy groups -OCH3 is 1. The van der Waals surface area contributed by atoms with Gasteiger partial charge in [-0.2, -0.15) is 0 Å². The van der Waals surface area contributed by atoms with Crippen LogP contribution in [0.25, 0.3) is 0 Å². The number of esters is 1. The van der Waals surface area contributed by atoms with E-state index in [1.165, 1.54) is 18.9 Å². The van der Waals surface area contributed by atoms with Crippen molar-refractivity contribution in [3.05, 3.63) is 57.2 Å². The molecule has 4 rings (SSSR count). The predicted octanol–water partition coefficient (Wildman–Crippen LogP) is 3.32. The average molecular weight is 505 g/mol. The smallest absolute Gasteiger partial charge is 0.338 e. The molecule has 34 heavy (non-hydrogen) atoms. The second kappa shape index (κ2) is 11.4. The molecule has 1 aromatic carbocycles. The van der Waals surface area contributed by atoms with Crippen LogP contribution < -0.4 is 5.32 Å². The summed E-state index contributed by atoms with van der Waals surface area (Å²) in [5.41, 5.74) is 2.85. The van der Waals surface area contributed by atoms with E-state index in [2.05, 4.69) is 10.2 Å². The Morgan fingerprint density at radius 1 is 1.26 bits per heavy atom. The van der Waals surface area contributed by atoms with Gasteiger partial charge in [0, 0.05) is 36.9 Å². The molecule has 0 spiro atoms. The monoisotopic (exact) mass is 504 g/mol. The van der Waals surface area contributed by atoms with E-state index >= 15 is 0 Å². The van der Waals surface area contributed by atoms with Gasteiger partial charge < -0.3 is 19.7 Å². The minimum absolute atomic E-state index is 0.0684. The van der Waals surface area contributed by atoms with Crippen molar-refractivity contribution in [1.82, 2.24) is 15.1 Å². The molecule has 1 saturated heterocycles. The highest BCUT2D eigenvalue weighted by Gasteiger charge is 2.41. The number of amidine groups is 1. The van der Waals surface area contributed by atoms with Gasteiger partial charge in [-0.05, 0) is 29.5 Å². The van der Waals surface area contributed by atoms with Gasteiger partial charge in [0.05, 0.1) is 44.1 Å². The number of nitrogens with one attached hydrogen (secondary N) is 1. The number of rotatable bonds is 8. The zero-order valence-corrected chi connectivity index (χ0v) is 21.0. The number of halogens is 1. The maximum atomic E-state index is 12.9. The molecule has 1 amide bonds. The number of aliphatic imine (C=N–C) groups is 1. The van der Waals surface area contributed by atoms with Gasteiger partial charge in [-0.15, -0.1) is 0 Å². The largest absolute Gasteiger partial charge is 0.466 e. The topological polar surface area (TPSA) is 83.5 Å². The van der Waals surface area contributed by atoms with Crippen molar-refractivity contribution in [2.75, 3.05) is 46.5 Å². The lowest BCUT2D eigenvalue weighted by atomic mass is 9.93. The molecule has 182 valence electrons. The Morgan fingerprint density at radius 3 is 2.68 bits per heavy atom. The quantitative estimate of drug-likeness (QED) is 0.544. The molecule has 0 bridgehead atoms. The summed E-state index contributed by atoms with van der Waals surface area (Å²) in [6, 6.07) is 6.95. The van der Waals surface area contributed by atoms with Crippen molar-refractivity contribution >= 4 is 40.4 Å². The first-order valence-electron chi connectivity index (χ1n) is 11.4. The Morgan fingerprint density at radius 2 is 2.00 bits per heavy atom. The van der Waals surface area contributed by atoms with E-state index in [0.717, 1.165) is 49.3 Å². The first kappa shape index (κ1) is 24.8. The van der Waals surface area contributed by atoms with Crippen LogP contribution in [0.1, 0.15) is 31.4 Å². The molecule has 0 aliphatic carbocycles. The third kappa shape index (κ3) is 5.49. The highest BCUT2D eigenvalue weighted by atomic mass is 35.5. The Kier molecular flexibility index (Phi) is 8.31. The van der Waals surface area contributed by atoms with E-state index in [4.69, 9.17) is 26.1 Å². The van der Waals surface area contributed by atoms with E-state index in [-0.39, 0.29) is 12.3 Å². The molecule has 3 heterocycles. The zero-order chi connectivity index (χ0) is 24.1. The average Bonchev–Trinajstić information content (AvgIpc) is 3.25. The van der Waals surface area contributed by atoms with Gasteiger partial charge in [-0.1, -0.05) is 42.4 Å². The number of morpholine rings is 1. The molecule has 10 heteroatoms. The molecule has 0 saturated carbocycles. The van der Waals surface area contributed by atoms with Crippen LogP contribution in [0.4, 0.5) is 0 Å². The molecule has 0 aromatic heterocycles. The van der Waals surface area contributed by atoms with Crippen LogP contribution in [0, 0.1) is 0 Å². The van der Waals surface area contributed by atoms with Crippen molar-refractivity contribution in [2.45, 2.75) is 25.8 Å². The molecule has 3 aliphatic heterocycles. The van der Waals surface area contributed by atoms with Crippen molar-refractivity contribution in [2.24, 2.45) is 4.99 Å². The molecule has 1 atom stereocenters. The van der Waals surface area contributed by atoms with Gasteiger partial charge >= 0.3 is 5.97 Å². The summed E-state index contributed by atoms with van der Waals surface area (Å²) in [5.74, 6) is -0.494. The summed E-state index contributed by atoms with van der Waals surface area (Å²) in [7, 11) is 1.37. The SMILES string of the molecule is CCC1=C(C(=O)OC)C(c2ccc(Cl)cc2)N2C(CC(=O)NCCN3CCOCC3)=CSC2=N1. The number of ether oxygens (including phenoxy) is 2. The van der Waals surface area contributed by atoms with E-state index < -0.39 is 12.0 Å². The number of benzene rings is 1. The number of thioether (sulfide) groups is 1. The fraction of sp³-hybridized carbons (Fsp3) is 0.458. The van der Waals surface area contributed by atoms with E-state index in [0.29, 0.717) is 29.3 Å². The summed E-state index contributed by atoms with van der Waals surface area (Å²) < 4.78 is 10.5. The fourth-order valence-corrected chi connectivity index (χ4v) is 5.34. The van der Waals surface area contributed by atoms with Crippen LogP contribution in [0.5, 0.6) is 0 Å². The maximum absolute atomic E-state index is 12.9. The molecule has 1 unspecified atom stereocenters. The maximum Gasteiger partial charge on any atom is 0.338 e. The minimum Gasteiger partial charge on any atom is -0.466 e. The molecule has 8 nitrogen and oxygen atoms in total. The number of hydrogen-bond acceptors (Lipinski definition) is 8. The summed E-state index contributed by atoms with van der Waals surface area (Å²) in [6.07, 6.45) is 0.777. The lowest BCUT2D eigenvalue weighted by Gasteiger charge is -2.36. The Balaban J connectivity index is 1.53. The molecule has 3 aliphatic rings.